The van der Waals surface area contributed by atoms with Crippen molar-refractivity contribution < 1.29 is 0 Å². The predicted molar refractivity (Wildman–Crippen MR) is 86.7 cm³/mol. The van der Waals surface area contributed by atoms with E-state index in [0.29, 0.717) is 6.54 Å². The van der Waals surface area contributed by atoms with Crippen molar-refractivity contribution in [2.45, 2.75) is 25.7 Å². The quantitative estimate of drug-likeness (QED) is 0.833. The SMILES string of the molecule is NCCCNc1nc(-c2ccc(Cl)cc2)nc2c1CCC2. The average Bonchev–Trinajstić information content (AvgIpc) is 2.96. The Kier molecular flexibility index (Phi) is 4.36. The van der Waals surface area contributed by atoms with E-state index < -0.39 is 0 Å². The van der Waals surface area contributed by atoms with Crippen LogP contribution < -0.4 is 11.1 Å². The summed E-state index contributed by atoms with van der Waals surface area (Å²) in [5.41, 5.74) is 8.99. The first-order valence-corrected chi connectivity index (χ1v) is 7.75. The molecule has 1 aromatic carbocycles. The van der Waals surface area contributed by atoms with Gasteiger partial charge in [0, 0.05) is 28.4 Å². The Bertz CT molecular complexity index is 625. The molecule has 0 fully saturated rings. The van der Waals surface area contributed by atoms with Gasteiger partial charge in [0.05, 0.1) is 0 Å². The minimum absolute atomic E-state index is 0.685. The molecule has 0 amide bonds. The summed E-state index contributed by atoms with van der Waals surface area (Å²) in [6.07, 6.45) is 4.18. The van der Waals surface area contributed by atoms with Crippen LogP contribution in [0.1, 0.15) is 24.1 Å². The molecule has 110 valence electrons. The lowest BCUT2D eigenvalue weighted by atomic mass is 10.2. The van der Waals surface area contributed by atoms with Gasteiger partial charge in [-0.25, -0.2) is 9.97 Å². The molecule has 1 aliphatic rings. The van der Waals surface area contributed by atoms with Gasteiger partial charge < -0.3 is 11.1 Å². The lowest BCUT2D eigenvalue weighted by molar-refractivity contribution is 0.865. The highest BCUT2D eigenvalue weighted by Gasteiger charge is 2.19. The lowest BCUT2D eigenvalue weighted by Gasteiger charge is -2.12. The molecule has 0 saturated carbocycles. The van der Waals surface area contributed by atoms with Crippen LogP contribution >= 0.6 is 11.6 Å². The summed E-state index contributed by atoms with van der Waals surface area (Å²) in [6.45, 7) is 1.53. The van der Waals surface area contributed by atoms with Gasteiger partial charge in [0.15, 0.2) is 5.82 Å². The molecule has 0 unspecified atom stereocenters. The Labute approximate surface area is 129 Å². The number of fused-ring (bicyclic) bond motifs is 1. The fourth-order valence-electron chi connectivity index (χ4n) is 2.62. The van der Waals surface area contributed by atoms with Crippen molar-refractivity contribution in [3.05, 3.63) is 40.5 Å². The Morgan fingerprint density at radius 3 is 2.71 bits per heavy atom. The van der Waals surface area contributed by atoms with Crippen LogP contribution in [0.4, 0.5) is 5.82 Å². The maximum Gasteiger partial charge on any atom is 0.161 e. The number of benzene rings is 1. The van der Waals surface area contributed by atoms with E-state index in [1.165, 1.54) is 11.3 Å². The van der Waals surface area contributed by atoms with E-state index in [0.717, 1.165) is 54.5 Å². The summed E-state index contributed by atoms with van der Waals surface area (Å²) < 4.78 is 0. The van der Waals surface area contributed by atoms with Crippen LogP contribution in [0.5, 0.6) is 0 Å². The maximum atomic E-state index is 5.94. The molecule has 0 spiro atoms. The van der Waals surface area contributed by atoms with Crippen LogP contribution in [0.2, 0.25) is 5.02 Å². The monoisotopic (exact) mass is 302 g/mol. The van der Waals surface area contributed by atoms with Crippen LogP contribution in [0, 0.1) is 0 Å². The Hall–Kier alpha value is -1.65. The zero-order chi connectivity index (χ0) is 14.7. The summed E-state index contributed by atoms with van der Waals surface area (Å²) >= 11 is 5.94. The second kappa shape index (κ2) is 6.41. The molecule has 0 atom stereocenters. The average molecular weight is 303 g/mol. The van der Waals surface area contributed by atoms with E-state index in [9.17, 15) is 0 Å². The first-order valence-electron chi connectivity index (χ1n) is 7.37. The van der Waals surface area contributed by atoms with Gasteiger partial charge in [-0.3, -0.25) is 0 Å². The van der Waals surface area contributed by atoms with Crippen molar-refractivity contribution in [3.63, 3.8) is 0 Å². The van der Waals surface area contributed by atoms with Gasteiger partial charge in [-0.15, -0.1) is 0 Å². The molecule has 0 radical (unpaired) electrons. The zero-order valence-electron chi connectivity index (χ0n) is 11.9. The fraction of sp³-hybridized carbons (Fsp3) is 0.375. The summed E-state index contributed by atoms with van der Waals surface area (Å²) in [5, 5.41) is 4.13. The van der Waals surface area contributed by atoms with Crippen molar-refractivity contribution in [1.82, 2.24) is 9.97 Å². The minimum atomic E-state index is 0.685. The number of aryl methyl sites for hydroxylation is 1. The highest BCUT2D eigenvalue weighted by Crippen LogP contribution is 2.29. The number of aromatic nitrogens is 2. The number of rotatable bonds is 5. The molecule has 0 aliphatic heterocycles. The van der Waals surface area contributed by atoms with E-state index >= 15 is 0 Å². The van der Waals surface area contributed by atoms with Crippen molar-refractivity contribution in [2.75, 3.05) is 18.4 Å². The summed E-state index contributed by atoms with van der Waals surface area (Å²) in [7, 11) is 0. The van der Waals surface area contributed by atoms with E-state index in [1.807, 2.05) is 24.3 Å². The second-order valence-electron chi connectivity index (χ2n) is 5.25. The van der Waals surface area contributed by atoms with Crippen LogP contribution in [0.3, 0.4) is 0 Å². The zero-order valence-corrected chi connectivity index (χ0v) is 12.7. The molecular formula is C16H19ClN4. The van der Waals surface area contributed by atoms with Gasteiger partial charge in [0.25, 0.3) is 0 Å². The number of nitrogens with two attached hydrogens (primary N) is 1. The molecule has 5 heteroatoms. The van der Waals surface area contributed by atoms with E-state index in [4.69, 9.17) is 27.3 Å². The molecule has 3 rings (SSSR count). The van der Waals surface area contributed by atoms with Gasteiger partial charge >= 0.3 is 0 Å². The minimum Gasteiger partial charge on any atom is -0.370 e. The second-order valence-corrected chi connectivity index (χ2v) is 5.69. The fourth-order valence-corrected chi connectivity index (χ4v) is 2.74. The Morgan fingerprint density at radius 2 is 1.95 bits per heavy atom. The number of halogens is 1. The van der Waals surface area contributed by atoms with Crippen LogP contribution in [-0.4, -0.2) is 23.1 Å². The first-order chi connectivity index (χ1) is 10.3. The topological polar surface area (TPSA) is 63.8 Å². The predicted octanol–water partition coefficient (Wildman–Crippen LogP) is 3.05. The Morgan fingerprint density at radius 1 is 1.14 bits per heavy atom. The molecule has 1 aliphatic carbocycles. The van der Waals surface area contributed by atoms with E-state index in [-0.39, 0.29) is 0 Å². The molecule has 1 aromatic heterocycles. The Balaban J connectivity index is 1.94. The van der Waals surface area contributed by atoms with Crippen molar-refractivity contribution >= 4 is 17.4 Å². The number of hydrogen-bond donors (Lipinski definition) is 2. The van der Waals surface area contributed by atoms with Crippen molar-refractivity contribution in [3.8, 4) is 11.4 Å². The molecule has 2 aromatic rings. The molecule has 0 saturated heterocycles. The lowest BCUT2D eigenvalue weighted by Crippen LogP contribution is -2.12. The number of nitrogens with one attached hydrogen (secondary N) is 1. The molecule has 21 heavy (non-hydrogen) atoms. The third-order valence-electron chi connectivity index (χ3n) is 3.71. The summed E-state index contributed by atoms with van der Waals surface area (Å²) in [6, 6.07) is 7.66. The summed E-state index contributed by atoms with van der Waals surface area (Å²) in [4.78, 5) is 9.43. The van der Waals surface area contributed by atoms with Crippen LogP contribution in [0.15, 0.2) is 24.3 Å². The van der Waals surface area contributed by atoms with E-state index in [2.05, 4.69) is 5.32 Å². The number of anilines is 1. The van der Waals surface area contributed by atoms with Crippen LogP contribution in [0.25, 0.3) is 11.4 Å². The standard InChI is InChI=1S/C16H19ClN4/c17-12-7-5-11(6-8-12)15-20-14-4-1-3-13(14)16(21-15)19-10-2-9-18/h5-8H,1-4,9-10,18H2,(H,19,20,21). The smallest absolute Gasteiger partial charge is 0.161 e. The molecule has 0 bridgehead atoms. The highest BCUT2D eigenvalue weighted by atomic mass is 35.5. The normalized spacial score (nSPS) is 13.2. The molecule has 3 N–H and O–H groups in total. The van der Waals surface area contributed by atoms with Crippen molar-refractivity contribution in [2.24, 2.45) is 5.73 Å². The van der Waals surface area contributed by atoms with Gasteiger partial charge in [-0.2, -0.15) is 0 Å². The van der Waals surface area contributed by atoms with Gasteiger partial charge in [0.2, 0.25) is 0 Å². The van der Waals surface area contributed by atoms with Gasteiger partial charge in [-0.1, -0.05) is 11.6 Å². The molecule has 4 nitrogen and oxygen atoms in total. The number of nitrogens with zero attached hydrogens (tertiary/aromatic N) is 2. The largest absolute Gasteiger partial charge is 0.370 e. The van der Waals surface area contributed by atoms with Gasteiger partial charge in [-0.05, 0) is 56.5 Å². The molecule has 1 heterocycles. The summed E-state index contributed by atoms with van der Waals surface area (Å²) in [5.74, 6) is 1.73. The number of hydrogen-bond acceptors (Lipinski definition) is 4. The maximum absolute atomic E-state index is 5.94. The third-order valence-corrected chi connectivity index (χ3v) is 3.96. The van der Waals surface area contributed by atoms with Crippen LogP contribution in [-0.2, 0) is 12.8 Å². The highest BCUT2D eigenvalue weighted by molar-refractivity contribution is 6.30. The van der Waals surface area contributed by atoms with Crippen molar-refractivity contribution in [1.29, 1.82) is 0 Å². The van der Waals surface area contributed by atoms with E-state index in [1.54, 1.807) is 0 Å². The first kappa shape index (κ1) is 14.3. The third kappa shape index (κ3) is 3.17. The van der Waals surface area contributed by atoms with Gasteiger partial charge in [0.1, 0.15) is 5.82 Å². The molecular weight excluding hydrogens is 284 g/mol.